The van der Waals surface area contributed by atoms with E-state index in [2.05, 4.69) is 19.2 Å². The van der Waals surface area contributed by atoms with Gasteiger partial charge in [0.15, 0.2) is 0 Å². The highest BCUT2D eigenvalue weighted by Gasteiger charge is 2.20. The highest BCUT2D eigenvalue weighted by atomic mass is 16.3. The first-order valence-corrected chi connectivity index (χ1v) is 27.7. The highest BCUT2D eigenvalue weighted by molar-refractivity contribution is 5.76. The minimum absolute atomic E-state index is 0.0263. The Kier molecular flexibility index (Phi) is 51.2. The molecule has 0 saturated carbocycles. The van der Waals surface area contributed by atoms with E-state index < -0.39 is 12.1 Å². The Bertz CT molecular complexity index is 773. The zero-order chi connectivity index (χ0) is 42.8. The molecule has 0 aromatic rings. The van der Waals surface area contributed by atoms with E-state index in [1.165, 1.54) is 276 Å². The molecular formula is C55H111NO3. The molecule has 0 rings (SSSR count). The number of aliphatic hydroxyl groups excluding tert-OH is 2. The number of unbranched alkanes of at least 4 members (excludes halogenated alkanes) is 45. The molecule has 0 aliphatic rings. The van der Waals surface area contributed by atoms with Crippen molar-refractivity contribution >= 4 is 5.91 Å². The maximum Gasteiger partial charge on any atom is 0.220 e. The van der Waals surface area contributed by atoms with Crippen LogP contribution in [-0.4, -0.2) is 34.9 Å². The van der Waals surface area contributed by atoms with Crippen LogP contribution in [0.1, 0.15) is 328 Å². The smallest absolute Gasteiger partial charge is 0.220 e. The SMILES string of the molecule is CCCCCCCCCCCCCCCCCCCCCCCCCCCCCCCCCCCCCCCCC(=O)NC(CO)C(O)CCCCCCCCCCC. The van der Waals surface area contributed by atoms with Crippen molar-refractivity contribution in [2.75, 3.05) is 6.61 Å². The second-order valence-electron chi connectivity index (χ2n) is 19.4. The summed E-state index contributed by atoms with van der Waals surface area (Å²) in [6, 6.07) is -0.528. The zero-order valence-corrected chi connectivity index (χ0v) is 40.8. The van der Waals surface area contributed by atoms with E-state index in [-0.39, 0.29) is 12.5 Å². The van der Waals surface area contributed by atoms with E-state index >= 15 is 0 Å². The summed E-state index contributed by atoms with van der Waals surface area (Å²) in [7, 11) is 0. The summed E-state index contributed by atoms with van der Waals surface area (Å²) in [4.78, 5) is 12.4. The van der Waals surface area contributed by atoms with Crippen molar-refractivity contribution in [1.29, 1.82) is 0 Å². The third kappa shape index (κ3) is 48.3. The van der Waals surface area contributed by atoms with E-state index in [0.29, 0.717) is 12.8 Å². The van der Waals surface area contributed by atoms with E-state index in [0.717, 1.165) is 25.7 Å². The molecule has 59 heavy (non-hydrogen) atoms. The van der Waals surface area contributed by atoms with Crippen LogP contribution in [0.25, 0.3) is 0 Å². The van der Waals surface area contributed by atoms with Gasteiger partial charge in [-0.15, -0.1) is 0 Å². The van der Waals surface area contributed by atoms with Crippen LogP contribution in [0.5, 0.6) is 0 Å². The summed E-state index contributed by atoms with van der Waals surface area (Å²) in [5.41, 5.74) is 0. The molecule has 0 fully saturated rings. The number of hydrogen-bond acceptors (Lipinski definition) is 3. The molecule has 0 aromatic heterocycles. The fourth-order valence-electron chi connectivity index (χ4n) is 9.13. The summed E-state index contributed by atoms with van der Waals surface area (Å²) in [5.74, 6) is -0.0263. The van der Waals surface area contributed by atoms with Gasteiger partial charge in [-0.05, 0) is 12.8 Å². The van der Waals surface area contributed by atoms with Crippen LogP contribution in [0.3, 0.4) is 0 Å². The first-order chi connectivity index (χ1) is 29.2. The number of hydrogen-bond donors (Lipinski definition) is 3. The maximum atomic E-state index is 12.4. The van der Waals surface area contributed by atoms with Crippen LogP contribution in [-0.2, 0) is 4.79 Å². The Balaban J connectivity index is 3.28. The van der Waals surface area contributed by atoms with Crippen LogP contribution in [0, 0.1) is 0 Å². The largest absolute Gasteiger partial charge is 0.394 e. The highest BCUT2D eigenvalue weighted by Crippen LogP contribution is 2.18. The molecule has 1 amide bonds. The van der Waals surface area contributed by atoms with Gasteiger partial charge in [-0.3, -0.25) is 4.79 Å². The molecule has 0 saturated heterocycles. The van der Waals surface area contributed by atoms with E-state index in [4.69, 9.17) is 0 Å². The number of carbonyl (C=O) groups excluding carboxylic acids is 1. The summed E-state index contributed by atoms with van der Waals surface area (Å²) >= 11 is 0. The van der Waals surface area contributed by atoms with Gasteiger partial charge in [0.05, 0.1) is 18.8 Å². The minimum Gasteiger partial charge on any atom is -0.394 e. The topological polar surface area (TPSA) is 69.6 Å². The number of rotatable bonds is 52. The van der Waals surface area contributed by atoms with Gasteiger partial charge in [0.25, 0.3) is 0 Å². The maximum absolute atomic E-state index is 12.4. The fraction of sp³-hybridized carbons (Fsp3) is 0.982. The summed E-state index contributed by atoms with van der Waals surface area (Å²) < 4.78 is 0. The molecule has 0 heterocycles. The Hall–Kier alpha value is -0.610. The second-order valence-corrected chi connectivity index (χ2v) is 19.4. The molecule has 4 nitrogen and oxygen atoms in total. The number of nitrogens with one attached hydrogen (secondary N) is 1. The number of aliphatic hydroxyl groups is 2. The van der Waals surface area contributed by atoms with Gasteiger partial charge in [0, 0.05) is 6.42 Å². The average molecular weight is 834 g/mol. The molecule has 4 heteroatoms. The lowest BCUT2D eigenvalue weighted by Gasteiger charge is -2.22. The van der Waals surface area contributed by atoms with Gasteiger partial charge >= 0.3 is 0 Å². The lowest BCUT2D eigenvalue weighted by atomic mass is 10.0. The first-order valence-electron chi connectivity index (χ1n) is 27.7. The average Bonchev–Trinajstić information content (AvgIpc) is 3.24. The number of amides is 1. The molecule has 0 radical (unpaired) electrons. The zero-order valence-electron chi connectivity index (χ0n) is 40.8. The van der Waals surface area contributed by atoms with Crippen LogP contribution in [0.2, 0.25) is 0 Å². The Morgan fingerprint density at radius 2 is 0.542 bits per heavy atom. The third-order valence-corrected chi connectivity index (χ3v) is 13.4. The van der Waals surface area contributed by atoms with Crippen molar-refractivity contribution in [3.05, 3.63) is 0 Å². The van der Waals surface area contributed by atoms with Gasteiger partial charge < -0.3 is 15.5 Å². The van der Waals surface area contributed by atoms with Crippen LogP contribution >= 0.6 is 0 Å². The quantitative estimate of drug-likeness (QED) is 0.0535. The van der Waals surface area contributed by atoms with Gasteiger partial charge in [0.2, 0.25) is 5.91 Å². The molecule has 3 N–H and O–H groups in total. The lowest BCUT2D eigenvalue weighted by Crippen LogP contribution is -2.45. The predicted octanol–water partition coefficient (Wildman–Crippen LogP) is 18.0. The Morgan fingerprint density at radius 1 is 0.339 bits per heavy atom. The van der Waals surface area contributed by atoms with E-state index in [1.807, 2.05) is 0 Å². The predicted molar refractivity (Wildman–Crippen MR) is 263 cm³/mol. The minimum atomic E-state index is -0.652. The third-order valence-electron chi connectivity index (χ3n) is 13.4. The first kappa shape index (κ1) is 58.4. The molecule has 354 valence electrons. The molecule has 2 atom stereocenters. The molecule has 2 unspecified atom stereocenters. The fourth-order valence-corrected chi connectivity index (χ4v) is 9.13. The monoisotopic (exact) mass is 834 g/mol. The molecule has 0 aliphatic heterocycles. The Labute approximate surface area is 372 Å². The second kappa shape index (κ2) is 51.7. The van der Waals surface area contributed by atoms with Crippen molar-refractivity contribution in [2.24, 2.45) is 0 Å². The standard InChI is InChI=1S/C55H111NO3/c1-3-5-7-9-11-13-14-15-16-17-18-19-20-21-22-23-24-25-26-27-28-29-30-31-32-33-34-35-36-37-38-39-40-41-43-45-47-49-51-55(59)56-53(52-57)54(58)50-48-46-44-42-12-10-8-6-4-2/h53-54,57-58H,3-52H2,1-2H3,(H,56,59). The molecule has 0 spiro atoms. The van der Waals surface area contributed by atoms with Crippen LogP contribution in [0.15, 0.2) is 0 Å². The van der Waals surface area contributed by atoms with Crippen LogP contribution in [0.4, 0.5) is 0 Å². The van der Waals surface area contributed by atoms with Crippen LogP contribution < -0.4 is 5.32 Å². The molecule has 0 aromatic carbocycles. The molecule has 0 aliphatic carbocycles. The van der Waals surface area contributed by atoms with Gasteiger partial charge in [-0.25, -0.2) is 0 Å². The van der Waals surface area contributed by atoms with Crippen molar-refractivity contribution in [3.63, 3.8) is 0 Å². The Morgan fingerprint density at radius 3 is 0.763 bits per heavy atom. The van der Waals surface area contributed by atoms with Crippen molar-refractivity contribution in [2.45, 2.75) is 341 Å². The molecule has 0 bridgehead atoms. The van der Waals surface area contributed by atoms with Gasteiger partial charge in [-0.1, -0.05) is 309 Å². The lowest BCUT2D eigenvalue weighted by molar-refractivity contribution is -0.123. The summed E-state index contributed by atoms with van der Waals surface area (Å²) in [6.45, 7) is 4.37. The summed E-state index contributed by atoms with van der Waals surface area (Å²) in [5, 5.41) is 23.1. The van der Waals surface area contributed by atoms with Gasteiger partial charge in [-0.2, -0.15) is 0 Å². The van der Waals surface area contributed by atoms with Crippen molar-refractivity contribution < 1.29 is 15.0 Å². The van der Waals surface area contributed by atoms with Crippen molar-refractivity contribution in [1.82, 2.24) is 5.32 Å². The van der Waals surface area contributed by atoms with E-state index in [1.54, 1.807) is 0 Å². The number of carbonyl (C=O) groups is 1. The molecular weight excluding hydrogens is 723 g/mol. The normalized spacial score (nSPS) is 12.7. The van der Waals surface area contributed by atoms with Crippen molar-refractivity contribution in [3.8, 4) is 0 Å². The summed E-state index contributed by atoms with van der Waals surface area (Å²) in [6.07, 6.45) is 65.5. The van der Waals surface area contributed by atoms with E-state index in [9.17, 15) is 15.0 Å². The van der Waals surface area contributed by atoms with Gasteiger partial charge in [0.1, 0.15) is 0 Å².